The average Bonchev–Trinajstić information content (AvgIpc) is 2.77. The average molecular weight is 253 g/mol. The van der Waals surface area contributed by atoms with Gasteiger partial charge < -0.3 is 15.8 Å². The van der Waals surface area contributed by atoms with Crippen molar-refractivity contribution in [3.63, 3.8) is 0 Å². The molecule has 0 aliphatic heterocycles. The molecule has 2 rings (SSSR count). The molecular weight excluding hydrogens is 241 g/mol. The number of halogens is 1. The highest BCUT2D eigenvalue weighted by molar-refractivity contribution is 7.15. The van der Waals surface area contributed by atoms with Crippen LogP contribution in [0.2, 0.25) is 0 Å². The Labute approximate surface area is 102 Å². The Morgan fingerprint density at radius 1 is 1.53 bits per heavy atom. The van der Waals surface area contributed by atoms with Gasteiger partial charge in [-0.05, 0) is 12.1 Å². The number of hydrogen-bond donors (Lipinski definition) is 2. The first-order valence-electron chi connectivity index (χ1n) is 4.98. The monoisotopic (exact) mass is 253 g/mol. The molecule has 4 nitrogen and oxygen atoms in total. The summed E-state index contributed by atoms with van der Waals surface area (Å²) in [5.74, 6) is -0.189. The molecule has 0 saturated carbocycles. The van der Waals surface area contributed by atoms with E-state index < -0.39 is 5.82 Å². The van der Waals surface area contributed by atoms with Crippen LogP contribution in [0.1, 0.15) is 4.88 Å². The zero-order valence-electron chi connectivity index (χ0n) is 9.24. The SMILES string of the molecule is COc1ccc(Nc2ncc(CN)s2)cc1F. The highest BCUT2D eigenvalue weighted by atomic mass is 32.1. The quantitative estimate of drug-likeness (QED) is 0.878. The van der Waals surface area contributed by atoms with E-state index in [1.807, 2.05) is 0 Å². The molecule has 0 aliphatic rings. The largest absolute Gasteiger partial charge is 0.494 e. The minimum atomic E-state index is -0.409. The van der Waals surface area contributed by atoms with Crippen molar-refractivity contribution in [2.24, 2.45) is 5.73 Å². The number of benzene rings is 1. The van der Waals surface area contributed by atoms with Gasteiger partial charge in [0.25, 0.3) is 0 Å². The Morgan fingerprint density at radius 3 is 2.94 bits per heavy atom. The summed E-state index contributed by atoms with van der Waals surface area (Å²) in [5.41, 5.74) is 6.11. The Morgan fingerprint density at radius 2 is 2.35 bits per heavy atom. The van der Waals surface area contributed by atoms with E-state index in [9.17, 15) is 4.39 Å². The minimum Gasteiger partial charge on any atom is -0.494 e. The smallest absolute Gasteiger partial charge is 0.187 e. The minimum absolute atomic E-state index is 0.220. The summed E-state index contributed by atoms with van der Waals surface area (Å²) in [4.78, 5) is 5.10. The van der Waals surface area contributed by atoms with Gasteiger partial charge in [-0.2, -0.15) is 0 Å². The molecule has 0 radical (unpaired) electrons. The van der Waals surface area contributed by atoms with Crippen LogP contribution in [0, 0.1) is 5.82 Å². The first kappa shape index (κ1) is 11.8. The third kappa shape index (κ3) is 2.72. The van der Waals surface area contributed by atoms with Gasteiger partial charge in [-0.25, -0.2) is 9.37 Å². The second-order valence-electron chi connectivity index (χ2n) is 3.31. The summed E-state index contributed by atoms with van der Waals surface area (Å²) in [6.07, 6.45) is 1.70. The fourth-order valence-corrected chi connectivity index (χ4v) is 2.04. The Kier molecular flexibility index (Phi) is 3.55. The molecule has 0 unspecified atom stereocenters. The number of hydrogen-bond acceptors (Lipinski definition) is 5. The lowest BCUT2D eigenvalue weighted by Crippen LogP contribution is -1.92. The number of ether oxygens (including phenoxy) is 1. The van der Waals surface area contributed by atoms with Crippen LogP contribution in [0.15, 0.2) is 24.4 Å². The standard InChI is InChI=1S/C11H12FN3OS/c1-16-10-3-2-7(4-9(10)12)15-11-14-6-8(5-13)17-11/h2-4,6H,5,13H2,1H3,(H,14,15). The normalized spacial score (nSPS) is 10.3. The maximum atomic E-state index is 13.4. The maximum Gasteiger partial charge on any atom is 0.187 e. The van der Waals surface area contributed by atoms with E-state index in [1.165, 1.54) is 24.5 Å². The molecule has 1 aromatic carbocycles. The van der Waals surface area contributed by atoms with Crippen LogP contribution in [0.4, 0.5) is 15.2 Å². The van der Waals surface area contributed by atoms with Crippen molar-refractivity contribution in [3.05, 3.63) is 35.1 Å². The number of nitrogens with zero attached hydrogens (tertiary/aromatic N) is 1. The van der Waals surface area contributed by atoms with E-state index in [0.29, 0.717) is 17.4 Å². The van der Waals surface area contributed by atoms with Crippen molar-refractivity contribution in [1.29, 1.82) is 0 Å². The lowest BCUT2D eigenvalue weighted by molar-refractivity contribution is 0.386. The van der Waals surface area contributed by atoms with Gasteiger partial charge in [-0.3, -0.25) is 0 Å². The Balaban J connectivity index is 2.15. The van der Waals surface area contributed by atoms with E-state index >= 15 is 0 Å². The van der Waals surface area contributed by atoms with Crippen LogP contribution in [-0.2, 0) is 6.54 Å². The van der Waals surface area contributed by atoms with E-state index in [-0.39, 0.29) is 5.75 Å². The molecule has 0 saturated heterocycles. The van der Waals surface area contributed by atoms with Crippen LogP contribution in [0.5, 0.6) is 5.75 Å². The molecule has 1 heterocycles. The fraction of sp³-hybridized carbons (Fsp3) is 0.182. The number of nitrogens with one attached hydrogen (secondary N) is 1. The number of anilines is 2. The molecule has 3 N–H and O–H groups in total. The van der Waals surface area contributed by atoms with Gasteiger partial charge in [0.1, 0.15) is 0 Å². The van der Waals surface area contributed by atoms with Gasteiger partial charge in [0.2, 0.25) is 0 Å². The van der Waals surface area contributed by atoms with Crippen molar-refractivity contribution >= 4 is 22.2 Å². The van der Waals surface area contributed by atoms with Gasteiger partial charge in [0.15, 0.2) is 16.7 Å². The van der Waals surface area contributed by atoms with Crippen LogP contribution in [-0.4, -0.2) is 12.1 Å². The van der Waals surface area contributed by atoms with Gasteiger partial charge in [-0.1, -0.05) is 0 Å². The van der Waals surface area contributed by atoms with Gasteiger partial charge in [0.05, 0.1) is 7.11 Å². The molecule has 17 heavy (non-hydrogen) atoms. The van der Waals surface area contributed by atoms with Crippen molar-refractivity contribution in [1.82, 2.24) is 4.98 Å². The topological polar surface area (TPSA) is 60.2 Å². The van der Waals surface area contributed by atoms with Crippen LogP contribution >= 0.6 is 11.3 Å². The summed E-state index contributed by atoms with van der Waals surface area (Å²) >= 11 is 1.44. The lowest BCUT2D eigenvalue weighted by Gasteiger charge is -2.05. The maximum absolute atomic E-state index is 13.4. The molecule has 6 heteroatoms. The molecular formula is C11H12FN3OS. The molecule has 90 valence electrons. The Bertz CT molecular complexity index is 515. The molecule has 0 bridgehead atoms. The third-order valence-electron chi connectivity index (χ3n) is 2.16. The lowest BCUT2D eigenvalue weighted by atomic mass is 10.3. The molecule has 0 aliphatic carbocycles. The van der Waals surface area contributed by atoms with Crippen molar-refractivity contribution in [2.75, 3.05) is 12.4 Å². The van der Waals surface area contributed by atoms with Gasteiger partial charge in [0, 0.05) is 29.4 Å². The van der Waals surface area contributed by atoms with Gasteiger partial charge >= 0.3 is 0 Å². The molecule has 0 spiro atoms. The van der Waals surface area contributed by atoms with E-state index in [0.717, 1.165) is 4.88 Å². The number of aromatic nitrogens is 1. The first-order valence-corrected chi connectivity index (χ1v) is 5.80. The zero-order chi connectivity index (χ0) is 12.3. The fourth-order valence-electron chi connectivity index (χ4n) is 1.33. The summed E-state index contributed by atoms with van der Waals surface area (Å²) in [6, 6.07) is 4.66. The van der Waals surface area contributed by atoms with Crippen molar-refractivity contribution in [3.8, 4) is 5.75 Å². The molecule has 1 aromatic heterocycles. The van der Waals surface area contributed by atoms with Crippen LogP contribution in [0.25, 0.3) is 0 Å². The second-order valence-corrected chi connectivity index (χ2v) is 4.43. The van der Waals surface area contributed by atoms with E-state index in [4.69, 9.17) is 10.5 Å². The molecule has 2 aromatic rings. The van der Waals surface area contributed by atoms with Crippen LogP contribution < -0.4 is 15.8 Å². The summed E-state index contributed by atoms with van der Waals surface area (Å²) < 4.78 is 18.3. The number of thiazole rings is 1. The van der Waals surface area contributed by atoms with Gasteiger partial charge in [-0.15, -0.1) is 11.3 Å². The van der Waals surface area contributed by atoms with E-state index in [2.05, 4.69) is 10.3 Å². The summed E-state index contributed by atoms with van der Waals surface area (Å²) in [6.45, 7) is 0.455. The number of methoxy groups -OCH3 is 1. The van der Waals surface area contributed by atoms with Crippen LogP contribution in [0.3, 0.4) is 0 Å². The first-order chi connectivity index (χ1) is 8.22. The second kappa shape index (κ2) is 5.11. The molecule has 0 amide bonds. The zero-order valence-corrected chi connectivity index (χ0v) is 10.1. The highest BCUT2D eigenvalue weighted by Gasteiger charge is 2.05. The predicted molar refractivity (Wildman–Crippen MR) is 66.2 cm³/mol. The number of rotatable bonds is 4. The number of nitrogens with two attached hydrogens (primary N) is 1. The molecule has 0 atom stereocenters. The third-order valence-corrected chi connectivity index (χ3v) is 3.09. The van der Waals surface area contributed by atoms with Crippen molar-refractivity contribution in [2.45, 2.75) is 6.54 Å². The highest BCUT2D eigenvalue weighted by Crippen LogP contribution is 2.25. The Hall–Kier alpha value is -1.66. The summed E-state index contributed by atoms with van der Waals surface area (Å²) in [5, 5.41) is 3.70. The molecule has 0 fully saturated rings. The summed E-state index contributed by atoms with van der Waals surface area (Å²) in [7, 11) is 1.43. The predicted octanol–water partition coefficient (Wildman–Crippen LogP) is 2.49. The van der Waals surface area contributed by atoms with Crippen molar-refractivity contribution < 1.29 is 9.13 Å². The van der Waals surface area contributed by atoms with E-state index in [1.54, 1.807) is 18.3 Å².